The van der Waals surface area contributed by atoms with Gasteiger partial charge in [-0.15, -0.1) is 0 Å². The summed E-state index contributed by atoms with van der Waals surface area (Å²) in [5, 5.41) is 13.9. The van der Waals surface area contributed by atoms with Crippen molar-refractivity contribution in [2.75, 3.05) is 38.3 Å². The summed E-state index contributed by atoms with van der Waals surface area (Å²) in [6.45, 7) is 6.11. The van der Waals surface area contributed by atoms with E-state index in [0.717, 1.165) is 48.9 Å². The molecular formula is C16H25ClN2O2. The lowest BCUT2D eigenvalue weighted by molar-refractivity contribution is 0.0971. The van der Waals surface area contributed by atoms with E-state index in [1.54, 1.807) is 7.11 Å². The fraction of sp³-hybridized carbons (Fsp3) is 0.625. The molecule has 1 aliphatic heterocycles. The number of hydrogen-bond donors (Lipinski definition) is 2. The standard InChI is InChI=1S/C16H25ClN2O2/c1-12-11-19(7-5-16(12)20)14-4-3-13(15(17)9-14)10-18-6-8-21-2/h3-4,9,12,16,18,20H,5-8,10-11H2,1-2H3. The van der Waals surface area contributed by atoms with Gasteiger partial charge in [0.15, 0.2) is 0 Å². The van der Waals surface area contributed by atoms with Crippen LogP contribution in [0.3, 0.4) is 0 Å². The number of nitrogens with zero attached hydrogens (tertiary/aromatic N) is 1. The Kier molecular flexibility index (Phi) is 6.30. The Bertz CT molecular complexity index is 456. The lowest BCUT2D eigenvalue weighted by Crippen LogP contribution is -2.41. The highest BCUT2D eigenvalue weighted by Crippen LogP contribution is 2.27. The fourth-order valence-corrected chi connectivity index (χ4v) is 2.88. The van der Waals surface area contributed by atoms with Crippen LogP contribution in [0.1, 0.15) is 18.9 Å². The Balaban J connectivity index is 1.95. The highest BCUT2D eigenvalue weighted by molar-refractivity contribution is 6.31. The number of aliphatic hydroxyl groups excluding tert-OH is 1. The maximum Gasteiger partial charge on any atom is 0.0599 e. The quantitative estimate of drug-likeness (QED) is 0.791. The summed E-state index contributed by atoms with van der Waals surface area (Å²) in [5.41, 5.74) is 2.24. The minimum atomic E-state index is -0.180. The summed E-state index contributed by atoms with van der Waals surface area (Å²) in [5.74, 6) is 0.299. The Morgan fingerprint density at radius 2 is 2.29 bits per heavy atom. The Morgan fingerprint density at radius 1 is 1.48 bits per heavy atom. The molecule has 118 valence electrons. The van der Waals surface area contributed by atoms with Gasteiger partial charge in [-0.05, 0) is 30.0 Å². The predicted octanol–water partition coefficient (Wildman–Crippen LogP) is 2.28. The molecule has 1 heterocycles. The largest absolute Gasteiger partial charge is 0.393 e. The summed E-state index contributed by atoms with van der Waals surface area (Å²) >= 11 is 6.38. The van der Waals surface area contributed by atoms with E-state index in [-0.39, 0.29) is 6.10 Å². The molecule has 2 unspecified atom stereocenters. The highest BCUT2D eigenvalue weighted by Gasteiger charge is 2.24. The molecule has 2 N–H and O–H groups in total. The molecule has 1 fully saturated rings. The zero-order valence-corrected chi connectivity index (χ0v) is 13.6. The molecule has 2 atom stereocenters. The second-order valence-corrected chi connectivity index (χ2v) is 6.13. The van der Waals surface area contributed by atoms with Gasteiger partial charge < -0.3 is 20.1 Å². The van der Waals surface area contributed by atoms with Crippen molar-refractivity contribution in [1.82, 2.24) is 5.32 Å². The van der Waals surface area contributed by atoms with Crippen molar-refractivity contribution in [3.05, 3.63) is 28.8 Å². The zero-order chi connectivity index (χ0) is 15.2. The third kappa shape index (κ3) is 4.58. The number of aliphatic hydroxyl groups is 1. The van der Waals surface area contributed by atoms with Crippen molar-refractivity contribution in [3.8, 4) is 0 Å². The van der Waals surface area contributed by atoms with Crippen LogP contribution in [0.5, 0.6) is 0 Å². The molecule has 0 aliphatic carbocycles. The number of methoxy groups -OCH3 is 1. The minimum Gasteiger partial charge on any atom is -0.393 e. The van der Waals surface area contributed by atoms with Crippen molar-refractivity contribution in [1.29, 1.82) is 0 Å². The van der Waals surface area contributed by atoms with Crippen molar-refractivity contribution in [2.24, 2.45) is 5.92 Å². The summed E-state index contributed by atoms with van der Waals surface area (Å²) in [6, 6.07) is 6.22. The van der Waals surface area contributed by atoms with Crippen molar-refractivity contribution in [2.45, 2.75) is 26.0 Å². The van der Waals surface area contributed by atoms with E-state index in [2.05, 4.69) is 29.3 Å². The van der Waals surface area contributed by atoms with Gasteiger partial charge in [-0.25, -0.2) is 0 Å². The topological polar surface area (TPSA) is 44.7 Å². The number of hydrogen-bond acceptors (Lipinski definition) is 4. The summed E-state index contributed by atoms with van der Waals surface area (Å²) in [7, 11) is 1.69. The molecule has 0 amide bonds. The second-order valence-electron chi connectivity index (χ2n) is 5.72. The minimum absolute atomic E-state index is 0.180. The molecule has 5 heteroatoms. The van der Waals surface area contributed by atoms with Crippen LogP contribution in [0.4, 0.5) is 5.69 Å². The van der Waals surface area contributed by atoms with E-state index in [9.17, 15) is 5.11 Å². The van der Waals surface area contributed by atoms with E-state index in [4.69, 9.17) is 16.3 Å². The first kappa shape index (κ1) is 16.6. The molecule has 0 bridgehead atoms. The Hall–Kier alpha value is -0.810. The summed E-state index contributed by atoms with van der Waals surface area (Å²) in [6.07, 6.45) is 0.639. The monoisotopic (exact) mass is 312 g/mol. The van der Waals surface area contributed by atoms with Gasteiger partial charge in [-0.1, -0.05) is 24.6 Å². The van der Waals surface area contributed by atoms with Crippen LogP contribution >= 0.6 is 11.6 Å². The Labute approximate surface area is 132 Å². The molecule has 2 rings (SSSR count). The van der Waals surface area contributed by atoms with E-state index in [1.165, 1.54) is 0 Å². The maximum atomic E-state index is 9.81. The first-order valence-electron chi connectivity index (χ1n) is 7.53. The smallest absolute Gasteiger partial charge is 0.0599 e. The van der Waals surface area contributed by atoms with E-state index in [0.29, 0.717) is 12.5 Å². The molecule has 1 saturated heterocycles. The second kappa shape index (κ2) is 7.99. The van der Waals surface area contributed by atoms with Crippen LogP contribution in [0, 0.1) is 5.92 Å². The zero-order valence-electron chi connectivity index (χ0n) is 12.8. The molecule has 4 nitrogen and oxygen atoms in total. The third-order valence-corrected chi connectivity index (χ3v) is 4.41. The van der Waals surface area contributed by atoms with Crippen LogP contribution in [0.2, 0.25) is 5.02 Å². The SMILES string of the molecule is COCCNCc1ccc(N2CCC(O)C(C)C2)cc1Cl. The van der Waals surface area contributed by atoms with Crippen LogP contribution in [0.25, 0.3) is 0 Å². The van der Waals surface area contributed by atoms with Crippen LogP contribution in [-0.4, -0.2) is 44.6 Å². The number of halogens is 1. The molecular weight excluding hydrogens is 288 g/mol. The number of nitrogens with one attached hydrogen (secondary N) is 1. The summed E-state index contributed by atoms with van der Waals surface area (Å²) < 4.78 is 5.00. The van der Waals surface area contributed by atoms with Gasteiger partial charge in [0.05, 0.1) is 12.7 Å². The summed E-state index contributed by atoms with van der Waals surface area (Å²) in [4.78, 5) is 2.30. The predicted molar refractivity (Wildman–Crippen MR) is 87.0 cm³/mol. The number of ether oxygens (including phenoxy) is 1. The van der Waals surface area contributed by atoms with Crippen molar-refractivity contribution < 1.29 is 9.84 Å². The van der Waals surface area contributed by atoms with Crippen LogP contribution in [0.15, 0.2) is 18.2 Å². The molecule has 1 aromatic carbocycles. The van der Waals surface area contributed by atoms with E-state index < -0.39 is 0 Å². The molecule has 0 saturated carbocycles. The number of anilines is 1. The van der Waals surface area contributed by atoms with E-state index >= 15 is 0 Å². The maximum absolute atomic E-state index is 9.81. The number of rotatable bonds is 6. The first-order chi connectivity index (χ1) is 10.1. The average molecular weight is 313 g/mol. The molecule has 1 aromatic rings. The van der Waals surface area contributed by atoms with E-state index in [1.807, 2.05) is 6.07 Å². The van der Waals surface area contributed by atoms with Crippen molar-refractivity contribution >= 4 is 17.3 Å². The molecule has 0 radical (unpaired) electrons. The van der Waals surface area contributed by atoms with Gasteiger partial charge >= 0.3 is 0 Å². The molecule has 0 aromatic heterocycles. The van der Waals surface area contributed by atoms with Gasteiger partial charge in [-0.2, -0.15) is 0 Å². The van der Waals surface area contributed by atoms with Gasteiger partial charge in [0.25, 0.3) is 0 Å². The first-order valence-corrected chi connectivity index (χ1v) is 7.90. The highest BCUT2D eigenvalue weighted by atomic mass is 35.5. The Morgan fingerprint density at radius 3 is 2.95 bits per heavy atom. The van der Waals surface area contributed by atoms with Crippen LogP contribution in [-0.2, 0) is 11.3 Å². The van der Waals surface area contributed by atoms with Gasteiger partial charge in [-0.3, -0.25) is 0 Å². The fourth-order valence-electron chi connectivity index (χ4n) is 2.64. The molecule has 21 heavy (non-hydrogen) atoms. The molecule has 0 spiro atoms. The van der Waals surface area contributed by atoms with Gasteiger partial charge in [0.2, 0.25) is 0 Å². The number of benzene rings is 1. The van der Waals surface area contributed by atoms with Crippen LogP contribution < -0.4 is 10.2 Å². The number of piperidine rings is 1. The molecule has 1 aliphatic rings. The lowest BCUT2D eigenvalue weighted by Gasteiger charge is -2.36. The average Bonchev–Trinajstić information content (AvgIpc) is 2.48. The van der Waals surface area contributed by atoms with Gasteiger partial charge in [0, 0.05) is 44.0 Å². The van der Waals surface area contributed by atoms with Crippen molar-refractivity contribution in [3.63, 3.8) is 0 Å². The third-order valence-electron chi connectivity index (χ3n) is 4.06. The normalized spacial score (nSPS) is 22.6. The lowest BCUT2D eigenvalue weighted by atomic mass is 9.96. The van der Waals surface area contributed by atoms with Gasteiger partial charge in [0.1, 0.15) is 0 Å².